The first-order valence-electron chi connectivity index (χ1n) is 10.2. The third kappa shape index (κ3) is 5.44. The molecule has 1 saturated heterocycles. The van der Waals surface area contributed by atoms with Gasteiger partial charge in [-0.15, -0.1) is 0 Å². The highest BCUT2D eigenvalue weighted by molar-refractivity contribution is 9.11. The lowest BCUT2D eigenvalue weighted by molar-refractivity contribution is -0.122. The summed E-state index contributed by atoms with van der Waals surface area (Å²) in [6, 6.07) is 16.5. The van der Waals surface area contributed by atoms with Crippen molar-refractivity contribution in [1.29, 1.82) is 0 Å². The summed E-state index contributed by atoms with van der Waals surface area (Å²) in [7, 11) is 1.49. The van der Waals surface area contributed by atoms with Crippen molar-refractivity contribution >= 4 is 72.8 Å². The van der Waals surface area contributed by atoms with Crippen LogP contribution < -0.4 is 19.7 Å². The molecule has 35 heavy (non-hydrogen) atoms. The Bertz CT molecular complexity index is 1380. The average molecular weight is 620 g/mol. The van der Waals surface area contributed by atoms with Gasteiger partial charge in [-0.1, -0.05) is 56.1 Å². The van der Waals surface area contributed by atoms with Gasteiger partial charge in [0.2, 0.25) is 0 Å². The Kier molecular flexibility index (Phi) is 7.63. The van der Waals surface area contributed by atoms with E-state index in [0.29, 0.717) is 23.7 Å². The van der Waals surface area contributed by atoms with Crippen molar-refractivity contribution in [2.75, 3.05) is 12.0 Å². The Balaban J connectivity index is 1.60. The van der Waals surface area contributed by atoms with E-state index in [9.17, 15) is 14.0 Å². The molecular weight excluding hydrogens is 603 g/mol. The lowest BCUT2D eigenvalue weighted by Crippen LogP contribution is -2.54. The zero-order chi connectivity index (χ0) is 25.1. The Labute approximate surface area is 223 Å². The molecule has 1 fully saturated rings. The van der Waals surface area contributed by atoms with Crippen LogP contribution in [0.5, 0.6) is 11.5 Å². The summed E-state index contributed by atoms with van der Waals surface area (Å²) in [6.45, 7) is 0.292. The SMILES string of the molecule is COc1cc(/C=C2\C(=O)NC(=S)N(c3ccccc3F)C2=O)ccc1OCc1ccc(Br)cc1Br. The van der Waals surface area contributed by atoms with Gasteiger partial charge in [-0.2, -0.15) is 0 Å². The van der Waals surface area contributed by atoms with Crippen LogP contribution in [0, 0.1) is 5.82 Å². The number of halogens is 3. The number of rotatable bonds is 6. The van der Waals surface area contributed by atoms with E-state index in [0.717, 1.165) is 19.4 Å². The summed E-state index contributed by atoms with van der Waals surface area (Å²) in [5, 5.41) is 2.25. The summed E-state index contributed by atoms with van der Waals surface area (Å²) in [5.41, 5.74) is 1.21. The summed E-state index contributed by atoms with van der Waals surface area (Å²) in [5.74, 6) is -1.15. The van der Waals surface area contributed by atoms with Crippen LogP contribution in [0.3, 0.4) is 0 Å². The molecular formula is C25H17Br2FN2O4S. The van der Waals surface area contributed by atoms with Gasteiger partial charge in [-0.3, -0.25) is 14.9 Å². The van der Waals surface area contributed by atoms with E-state index in [1.807, 2.05) is 18.2 Å². The maximum absolute atomic E-state index is 14.3. The van der Waals surface area contributed by atoms with Gasteiger partial charge in [0.25, 0.3) is 11.8 Å². The van der Waals surface area contributed by atoms with Crippen molar-refractivity contribution in [3.05, 3.63) is 92.1 Å². The number of carbonyl (C=O) groups excluding carboxylic acids is 2. The molecule has 2 amide bonds. The maximum atomic E-state index is 14.3. The number of hydrogen-bond acceptors (Lipinski definition) is 5. The van der Waals surface area contributed by atoms with Crippen LogP contribution in [0.15, 0.2) is 75.2 Å². The van der Waals surface area contributed by atoms with E-state index in [2.05, 4.69) is 37.2 Å². The molecule has 1 heterocycles. The lowest BCUT2D eigenvalue weighted by Gasteiger charge is -2.29. The Hall–Kier alpha value is -3.08. The maximum Gasteiger partial charge on any atom is 0.270 e. The molecule has 178 valence electrons. The van der Waals surface area contributed by atoms with Gasteiger partial charge in [0.05, 0.1) is 12.8 Å². The molecule has 0 radical (unpaired) electrons. The first kappa shape index (κ1) is 25.0. The number of hydrogen-bond donors (Lipinski definition) is 1. The van der Waals surface area contributed by atoms with Crippen molar-refractivity contribution in [2.24, 2.45) is 0 Å². The highest BCUT2D eigenvalue weighted by atomic mass is 79.9. The number of thiocarbonyl (C=S) groups is 1. The fraction of sp³-hybridized carbons (Fsp3) is 0.0800. The van der Waals surface area contributed by atoms with Crippen molar-refractivity contribution in [3.8, 4) is 11.5 Å². The van der Waals surface area contributed by atoms with Crippen LogP contribution in [-0.2, 0) is 16.2 Å². The summed E-state index contributed by atoms with van der Waals surface area (Å²) < 4.78 is 27.5. The van der Waals surface area contributed by atoms with Crippen LogP contribution in [0.2, 0.25) is 0 Å². The molecule has 0 aromatic heterocycles. The first-order chi connectivity index (χ1) is 16.8. The molecule has 0 bridgehead atoms. The zero-order valence-corrected chi connectivity index (χ0v) is 22.2. The largest absolute Gasteiger partial charge is 0.493 e. The third-order valence-electron chi connectivity index (χ3n) is 5.09. The van der Waals surface area contributed by atoms with Gasteiger partial charge < -0.3 is 9.47 Å². The minimum atomic E-state index is -0.733. The standard InChI is InChI=1S/C25H17Br2FN2O4S/c1-33-22-11-14(6-9-21(22)34-13-15-7-8-16(26)12-18(15)27)10-17-23(31)29-25(35)30(24(17)32)20-5-3-2-4-19(20)28/h2-12H,13H2,1H3,(H,29,31,35)/b17-10+. The Morgan fingerprint density at radius 3 is 2.54 bits per heavy atom. The van der Waals surface area contributed by atoms with Crippen LogP contribution >= 0.6 is 44.1 Å². The number of methoxy groups -OCH3 is 1. The number of amides is 2. The van der Waals surface area contributed by atoms with Gasteiger partial charge in [-0.25, -0.2) is 9.29 Å². The molecule has 0 aliphatic carbocycles. The quantitative estimate of drug-likeness (QED) is 0.216. The number of nitrogens with zero attached hydrogens (tertiary/aromatic N) is 1. The molecule has 6 nitrogen and oxygen atoms in total. The topological polar surface area (TPSA) is 67.9 Å². The molecule has 1 N–H and O–H groups in total. The highest BCUT2D eigenvalue weighted by Crippen LogP contribution is 2.32. The van der Waals surface area contributed by atoms with Crippen LogP contribution in [-0.4, -0.2) is 24.0 Å². The van der Waals surface area contributed by atoms with Crippen molar-refractivity contribution in [3.63, 3.8) is 0 Å². The minimum Gasteiger partial charge on any atom is -0.493 e. The highest BCUT2D eigenvalue weighted by Gasteiger charge is 2.35. The van der Waals surface area contributed by atoms with Gasteiger partial charge >= 0.3 is 0 Å². The van der Waals surface area contributed by atoms with Gasteiger partial charge in [0.1, 0.15) is 18.0 Å². The normalized spacial score (nSPS) is 14.8. The first-order valence-corrected chi connectivity index (χ1v) is 12.2. The number of benzene rings is 3. The molecule has 3 aromatic rings. The molecule has 0 saturated carbocycles. The number of anilines is 1. The van der Waals surface area contributed by atoms with E-state index in [-0.39, 0.29) is 16.4 Å². The Morgan fingerprint density at radius 1 is 1.06 bits per heavy atom. The van der Waals surface area contributed by atoms with Crippen molar-refractivity contribution in [1.82, 2.24) is 5.32 Å². The summed E-state index contributed by atoms with van der Waals surface area (Å²) in [6.07, 6.45) is 1.39. The lowest BCUT2D eigenvalue weighted by atomic mass is 10.1. The van der Waals surface area contributed by atoms with Crippen LogP contribution in [0.4, 0.5) is 10.1 Å². The van der Waals surface area contributed by atoms with Crippen LogP contribution in [0.25, 0.3) is 6.08 Å². The molecule has 0 atom stereocenters. The number of nitrogens with one attached hydrogen (secondary N) is 1. The number of ether oxygens (including phenoxy) is 2. The molecule has 0 unspecified atom stereocenters. The van der Waals surface area contributed by atoms with E-state index in [1.54, 1.807) is 24.3 Å². The van der Waals surface area contributed by atoms with Gasteiger partial charge in [0, 0.05) is 14.5 Å². The fourth-order valence-electron chi connectivity index (χ4n) is 3.36. The number of carbonyl (C=O) groups is 2. The third-order valence-corrected chi connectivity index (χ3v) is 6.61. The minimum absolute atomic E-state index is 0.0474. The van der Waals surface area contributed by atoms with Crippen molar-refractivity contribution < 1.29 is 23.5 Å². The molecule has 4 rings (SSSR count). The molecule has 0 spiro atoms. The van der Waals surface area contributed by atoms with Gasteiger partial charge in [0.15, 0.2) is 16.6 Å². The molecule has 10 heteroatoms. The smallest absolute Gasteiger partial charge is 0.270 e. The van der Waals surface area contributed by atoms with E-state index in [1.165, 1.54) is 31.4 Å². The van der Waals surface area contributed by atoms with E-state index >= 15 is 0 Å². The predicted molar refractivity (Wildman–Crippen MR) is 142 cm³/mol. The van der Waals surface area contributed by atoms with Crippen molar-refractivity contribution in [2.45, 2.75) is 6.61 Å². The Morgan fingerprint density at radius 2 is 1.83 bits per heavy atom. The average Bonchev–Trinajstić information content (AvgIpc) is 2.82. The van der Waals surface area contributed by atoms with E-state index < -0.39 is 17.6 Å². The van der Waals surface area contributed by atoms with Gasteiger partial charge in [-0.05, 0) is 60.3 Å². The molecule has 1 aliphatic heterocycles. The second kappa shape index (κ2) is 10.7. The zero-order valence-electron chi connectivity index (χ0n) is 18.2. The molecule has 3 aromatic carbocycles. The van der Waals surface area contributed by atoms with E-state index in [4.69, 9.17) is 21.7 Å². The monoisotopic (exact) mass is 618 g/mol. The second-order valence-corrected chi connectivity index (χ2v) is 9.50. The predicted octanol–water partition coefficient (Wildman–Crippen LogP) is 5.77. The summed E-state index contributed by atoms with van der Waals surface area (Å²) in [4.78, 5) is 26.6. The summed E-state index contributed by atoms with van der Waals surface area (Å²) >= 11 is 12.0. The fourth-order valence-corrected chi connectivity index (χ4v) is 4.80. The number of para-hydroxylation sites is 1. The molecule has 1 aliphatic rings. The van der Waals surface area contributed by atoms with Crippen LogP contribution in [0.1, 0.15) is 11.1 Å². The second-order valence-electron chi connectivity index (χ2n) is 7.34.